The molecule has 0 N–H and O–H groups in total. The summed E-state index contributed by atoms with van der Waals surface area (Å²) in [6, 6.07) is 2.35. The standard InChI is InChI=1S/C10H6ClF3O2S/c1-2-5-17(15,16)7-3-4-9(11)8(6-7)10(12,13)14/h1,3-4,6H,5H2. The summed E-state index contributed by atoms with van der Waals surface area (Å²) < 4.78 is 60.4. The minimum absolute atomic E-state index is 0.481. The quantitative estimate of drug-likeness (QED) is 0.782. The van der Waals surface area contributed by atoms with Crippen molar-refractivity contribution in [3.05, 3.63) is 28.8 Å². The molecule has 0 fully saturated rings. The summed E-state index contributed by atoms with van der Waals surface area (Å²) in [6.45, 7) is 0. The maximum Gasteiger partial charge on any atom is 0.417 e. The molecule has 0 aromatic heterocycles. The second-order valence-electron chi connectivity index (χ2n) is 3.10. The number of alkyl halides is 3. The molecule has 0 amide bonds. The van der Waals surface area contributed by atoms with Crippen molar-refractivity contribution in [1.82, 2.24) is 0 Å². The fraction of sp³-hybridized carbons (Fsp3) is 0.200. The highest BCUT2D eigenvalue weighted by Crippen LogP contribution is 2.35. The van der Waals surface area contributed by atoms with E-state index in [1.165, 1.54) is 0 Å². The Morgan fingerprint density at radius 1 is 1.35 bits per heavy atom. The third-order valence-electron chi connectivity index (χ3n) is 1.88. The number of hydrogen-bond acceptors (Lipinski definition) is 2. The normalized spacial score (nSPS) is 12.2. The third kappa shape index (κ3) is 3.14. The van der Waals surface area contributed by atoms with E-state index in [0.29, 0.717) is 6.07 Å². The Bertz CT molecular complexity index is 570. The van der Waals surface area contributed by atoms with E-state index in [9.17, 15) is 21.6 Å². The van der Waals surface area contributed by atoms with Crippen LogP contribution in [0.4, 0.5) is 13.2 Å². The Labute approximate surface area is 101 Å². The zero-order valence-corrected chi connectivity index (χ0v) is 9.83. The Morgan fingerprint density at radius 2 is 1.94 bits per heavy atom. The maximum atomic E-state index is 12.5. The lowest BCUT2D eigenvalue weighted by atomic mass is 10.2. The van der Waals surface area contributed by atoms with Crippen molar-refractivity contribution in [2.45, 2.75) is 11.1 Å². The van der Waals surface area contributed by atoms with Crippen LogP contribution in [0.25, 0.3) is 0 Å². The molecule has 1 aromatic carbocycles. The second-order valence-corrected chi connectivity index (χ2v) is 5.50. The first-order valence-electron chi connectivity index (χ1n) is 4.21. The van der Waals surface area contributed by atoms with Crippen LogP contribution in [0.1, 0.15) is 5.56 Å². The molecular weight excluding hydrogens is 277 g/mol. The summed E-state index contributed by atoms with van der Waals surface area (Å²) in [6.07, 6.45) is 0.119. The van der Waals surface area contributed by atoms with Gasteiger partial charge in [0, 0.05) is 0 Å². The molecule has 7 heteroatoms. The Morgan fingerprint density at radius 3 is 2.41 bits per heavy atom. The predicted molar refractivity (Wildman–Crippen MR) is 57.3 cm³/mol. The lowest BCUT2D eigenvalue weighted by Crippen LogP contribution is -2.10. The molecule has 1 rings (SSSR count). The summed E-state index contributed by atoms with van der Waals surface area (Å²) in [5.41, 5.74) is -1.20. The van der Waals surface area contributed by atoms with Gasteiger partial charge in [0.25, 0.3) is 0 Å². The number of terminal acetylenes is 1. The van der Waals surface area contributed by atoms with E-state index in [-0.39, 0.29) is 0 Å². The van der Waals surface area contributed by atoms with E-state index in [4.69, 9.17) is 18.0 Å². The zero-order valence-electron chi connectivity index (χ0n) is 8.25. The Kier molecular flexibility index (Phi) is 3.74. The summed E-state index contributed by atoms with van der Waals surface area (Å²) in [5, 5.41) is -0.558. The van der Waals surface area contributed by atoms with Gasteiger partial charge in [0.2, 0.25) is 0 Å². The summed E-state index contributed by atoms with van der Waals surface area (Å²) >= 11 is 5.35. The lowest BCUT2D eigenvalue weighted by Gasteiger charge is -2.10. The van der Waals surface area contributed by atoms with E-state index < -0.39 is 37.2 Å². The monoisotopic (exact) mass is 282 g/mol. The van der Waals surface area contributed by atoms with Gasteiger partial charge in [-0.25, -0.2) is 8.42 Å². The molecule has 2 nitrogen and oxygen atoms in total. The van der Waals surface area contributed by atoms with Crippen molar-refractivity contribution in [1.29, 1.82) is 0 Å². The van der Waals surface area contributed by atoms with Gasteiger partial charge in [0.15, 0.2) is 9.84 Å². The molecule has 0 heterocycles. The van der Waals surface area contributed by atoms with Crippen molar-refractivity contribution in [2.75, 3.05) is 5.75 Å². The molecule has 0 saturated carbocycles. The molecule has 0 aliphatic heterocycles. The summed E-state index contributed by atoms with van der Waals surface area (Å²) in [4.78, 5) is -0.493. The lowest BCUT2D eigenvalue weighted by molar-refractivity contribution is -0.137. The molecule has 0 spiro atoms. The first-order valence-corrected chi connectivity index (χ1v) is 6.24. The van der Waals surface area contributed by atoms with Gasteiger partial charge >= 0.3 is 6.18 Å². The van der Waals surface area contributed by atoms with Crippen molar-refractivity contribution >= 4 is 21.4 Å². The van der Waals surface area contributed by atoms with Crippen LogP contribution < -0.4 is 0 Å². The maximum absolute atomic E-state index is 12.5. The molecule has 0 atom stereocenters. The third-order valence-corrected chi connectivity index (χ3v) is 3.72. The molecule has 1 aromatic rings. The van der Waals surface area contributed by atoms with E-state index in [1.807, 2.05) is 5.92 Å². The predicted octanol–water partition coefficient (Wildman–Crippen LogP) is 2.77. The van der Waals surface area contributed by atoms with Crippen LogP contribution >= 0.6 is 11.6 Å². The molecule has 17 heavy (non-hydrogen) atoms. The van der Waals surface area contributed by atoms with Crippen molar-refractivity contribution in [2.24, 2.45) is 0 Å². The van der Waals surface area contributed by atoms with Crippen LogP contribution in [0.2, 0.25) is 5.02 Å². The van der Waals surface area contributed by atoms with E-state index >= 15 is 0 Å². The van der Waals surface area contributed by atoms with Gasteiger partial charge in [-0.05, 0) is 18.2 Å². The molecule has 92 valence electrons. The average molecular weight is 283 g/mol. The highest BCUT2D eigenvalue weighted by Gasteiger charge is 2.34. The Balaban J connectivity index is 3.38. The van der Waals surface area contributed by atoms with Crippen molar-refractivity contribution < 1.29 is 21.6 Å². The average Bonchev–Trinajstić information content (AvgIpc) is 2.15. The molecule has 0 aliphatic rings. The zero-order chi connectivity index (χ0) is 13.3. The first kappa shape index (κ1) is 13.9. The topological polar surface area (TPSA) is 34.1 Å². The number of sulfone groups is 1. The van der Waals surface area contributed by atoms with Crippen LogP contribution in [-0.2, 0) is 16.0 Å². The minimum Gasteiger partial charge on any atom is -0.223 e. The molecular formula is C10H6ClF3O2S. The van der Waals surface area contributed by atoms with Gasteiger partial charge in [-0.15, -0.1) is 6.42 Å². The fourth-order valence-corrected chi connectivity index (χ4v) is 2.29. The van der Waals surface area contributed by atoms with Crippen LogP contribution in [-0.4, -0.2) is 14.2 Å². The molecule has 0 bridgehead atoms. The first-order chi connectivity index (χ1) is 7.68. The van der Waals surface area contributed by atoms with Gasteiger partial charge in [-0.2, -0.15) is 13.2 Å². The van der Waals surface area contributed by atoms with Gasteiger partial charge in [-0.3, -0.25) is 0 Å². The van der Waals surface area contributed by atoms with Crippen LogP contribution in [0, 0.1) is 12.3 Å². The SMILES string of the molecule is C#CCS(=O)(=O)c1ccc(Cl)c(C(F)(F)F)c1. The second kappa shape index (κ2) is 4.59. The largest absolute Gasteiger partial charge is 0.417 e. The van der Waals surface area contributed by atoms with Gasteiger partial charge in [0.05, 0.1) is 15.5 Å². The van der Waals surface area contributed by atoms with Crippen LogP contribution in [0.15, 0.2) is 23.1 Å². The van der Waals surface area contributed by atoms with Crippen molar-refractivity contribution in [3.8, 4) is 12.3 Å². The Hall–Kier alpha value is -1.19. The van der Waals surface area contributed by atoms with E-state index in [2.05, 4.69) is 0 Å². The molecule has 0 saturated heterocycles. The number of hydrogen-bond donors (Lipinski definition) is 0. The smallest absolute Gasteiger partial charge is 0.223 e. The van der Waals surface area contributed by atoms with E-state index in [0.717, 1.165) is 12.1 Å². The van der Waals surface area contributed by atoms with Gasteiger partial charge < -0.3 is 0 Å². The van der Waals surface area contributed by atoms with Crippen molar-refractivity contribution in [3.63, 3.8) is 0 Å². The number of benzene rings is 1. The number of rotatable bonds is 2. The summed E-state index contributed by atoms with van der Waals surface area (Å²) in [5.74, 6) is 1.22. The molecule has 0 unspecified atom stereocenters. The van der Waals surface area contributed by atoms with Gasteiger partial charge in [0.1, 0.15) is 5.75 Å². The molecule has 0 aliphatic carbocycles. The highest BCUT2D eigenvalue weighted by molar-refractivity contribution is 7.91. The van der Waals surface area contributed by atoms with Crippen LogP contribution in [0.3, 0.4) is 0 Å². The van der Waals surface area contributed by atoms with Gasteiger partial charge in [-0.1, -0.05) is 17.5 Å². The number of halogens is 4. The molecule has 0 radical (unpaired) electrons. The fourth-order valence-electron chi connectivity index (χ4n) is 1.11. The van der Waals surface area contributed by atoms with Crippen LogP contribution in [0.5, 0.6) is 0 Å². The summed E-state index contributed by atoms with van der Waals surface area (Å²) in [7, 11) is -3.90. The van der Waals surface area contributed by atoms with E-state index in [1.54, 1.807) is 0 Å². The minimum atomic E-state index is -4.71. The highest BCUT2D eigenvalue weighted by atomic mass is 35.5.